The number of amides is 2. The Bertz CT molecular complexity index is 721. The average molecular weight is 350 g/mol. The second-order valence-corrected chi connectivity index (χ2v) is 6.63. The lowest BCUT2D eigenvalue weighted by atomic mass is 10.0. The van der Waals surface area contributed by atoms with Crippen LogP contribution in [0.4, 0.5) is 0 Å². The fourth-order valence-corrected chi connectivity index (χ4v) is 2.81. The van der Waals surface area contributed by atoms with E-state index in [0.717, 1.165) is 16.2 Å². The molecule has 7 nitrogen and oxygen atoms in total. The Balaban J connectivity index is 1.95. The van der Waals surface area contributed by atoms with Crippen LogP contribution in [0.25, 0.3) is 0 Å². The van der Waals surface area contributed by atoms with Crippen molar-refractivity contribution in [2.45, 2.75) is 26.4 Å². The minimum absolute atomic E-state index is 0.123. The van der Waals surface area contributed by atoms with Crippen molar-refractivity contribution < 1.29 is 23.9 Å². The molecule has 1 atom stereocenters. The Morgan fingerprint density at radius 3 is 2.54 bits per heavy atom. The fraction of sp³-hybridized carbons (Fsp3) is 0.312. The van der Waals surface area contributed by atoms with Crippen molar-refractivity contribution in [3.05, 3.63) is 46.0 Å². The molecule has 2 rings (SSSR count). The van der Waals surface area contributed by atoms with E-state index in [2.05, 4.69) is 10.6 Å². The van der Waals surface area contributed by atoms with Crippen LogP contribution in [0.15, 0.2) is 34.9 Å². The van der Waals surface area contributed by atoms with Crippen molar-refractivity contribution in [2.24, 2.45) is 5.92 Å². The highest BCUT2D eigenvalue weighted by atomic mass is 32.1. The van der Waals surface area contributed by atoms with Crippen molar-refractivity contribution in [1.82, 2.24) is 10.6 Å². The first-order valence-corrected chi connectivity index (χ1v) is 8.14. The molecule has 0 aromatic carbocycles. The molecule has 2 aromatic rings. The van der Waals surface area contributed by atoms with Gasteiger partial charge >= 0.3 is 5.97 Å². The first kappa shape index (κ1) is 17.7. The number of thiophene rings is 1. The second kappa shape index (κ2) is 7.78. The van der Waals surface area contributed by atoms with Gasteiger partial charge in [-0.3, -0.25) is 9.59 Å². The van der Waals surface area contributed by atoms with Gasteiger partial charge < -0.3 is 20.2 Å². The van der Waals surface area contributed by atoms with E-state index >= 15 is 0 Å². The number of hydrogen-bond acceptors (Lipinski definition) is 5. The number of rotatable bonds is 7. The Morgan fingerprint density at radius 1 is 1.25 bits per heavy atom. The van der Waals surface area contributed by atoms with Crippen LogP contribution < -0.4 is 10.6 Å². The molecule has 3 N–H and O–H groups in total. The number of carbonyl (C=O) groups excluding carboxylic acids is 2. The Morgan fingerprint density at radius 2 is 2.00 bits per heavy atom. The average Bonchev–Trinajstić information content (AvgIpc) is 3.20. The standard InChI is InChI=1S/C16H18N2O5S/c1-9(2)13(18-14(19)11-4-3-7-23-11)15(20)17-8-10-5-6-12(24-10)16(21)22/h3-7,9,13H,8H2,1-2H3,(H,17,20)(H,18,19)(H,21,22). The summed E-state index contributed by atoms with van der Waals surface area (Å²) >= 11 is 1.10. The first-order chi connectivity index (χ1) is 11.4. The minimum atomic E-state index is -0.997. The topological polar surface area (TPSA) is 109 Å². The molecule has 0 aliphatic carbocycles. The van der Waals surface area contributed by atoms with Crippen LogP contribution in [0, 0.1) is 5.92 Å². The van der Waals surface area contributed by atoms with Crippen LogP contribution >= 0.6 is 11.3 Å². The van der Waals surface area contributed by atoms with Crippen LogP contribution in [0.5, 0.6) is 0 Å². The van der Waals surface area contributed by atoms with E-state index in [1.165, 1.54) is 18.4 Å². The molecule has 0 spiro atoms. The third-order valence-electron chi connectivity index (χ3n) is 3.29. The maximum atomic E-state index is 12.3. The number of hydrogen-bond donors (Lipinski definition) is 3. The van der Waals surface area contributed by atoms with Crippen LogP contribution in [0.2, 0.25) is 0 Å². The predicted molar refractivity (Wildman–Crippen MR) is 87.9 cm³/mol. The van der Waals surface area contributed by atoms with Gasteiger partial charge in [-0.2, -0.15) is 0 Å². The maximum Gasteiger partial charge on any atom is 0.345 e. The zero-order valence-electron chi connectivity index (χ0n) is 13.2. The third kappa shape index (κ3) is 4.45. The summed E-state index contributed by atoms with van der Waals surface area (Å²) in [7, 11) is 0. The fourth-order valence-electron chi connectivity index (χ4n) is 2.03. The van der Waals surface area contributed by atoms with E-state index in [0.29, 0.717) is 0 Å². The lowest BCUT2D eigenvalue weighted by Crippen LogP contribution is -2.49. The van der Waals surface area contributed by atoms with E-state index in [-0.39, 0.29) is 29.0 Å². The molecule has 2 heterocycles. The Labute approximate surface area is 142 Å². The first-order valence-electron chi connectivity index (χ1n) is 7.32. The van der Waals surface area contributed by atoms with Crippen LogP contribution in [0.3, 0.4) is 0 Å². The molecule has 1 unspecified atom stereocenters. The lowest BCUT2D eigenvalue weighted by Gasteiger charge is -2.21. The summed E-state index contributed by atoms with van der Waals surface area (Å²) in [5.41, 5.74) is 0. The molecule has 0 saturated heterocycles. The highest BCUT2D eigenvalue weighted by Gasteiger charge is 2.25. The third-order valence-corrected chi connectivity index (χ3v) is 4.36. The van der Waals surface area contributed by atoms with Gasteiger partial charge in [0.15, 0.2) is 5.76 Å². The van der Waals surface area contributed by atoms with Crippen molar-refractivity contribution in [1.29, 1.82) is 0 Å². The van der Waals surface area contributed by atoms with Crippen molar-refractivity contribution in [3.63, 3.8) is 0 Å². The number of aromatic carboxylic acids is 1. The number of carboxylic acids is 1. The smallest absolute Gasteiger partial charge is 0.345 e. The molecule has 2 aromatic heterocycles. The molecular formula is C16H18N2O5S. The summed E-state index contributed by atoms with van der Waals surface area (Å²) in [6, 6.07) is 5.54. The summed E-state index contributed by atoms with van der Waals surface area (Å²) < 4.78 is 5.01. The highest BCUT2D eigenvalue weighted by molar-refractivity contribution is 7.13. The molecule has 8 heteroatoms. The van der Waals surface area contributed by atoms with Crippen LogP contribution in [0.1, 0.15) is 39.0 Å². The summed E-state index contributed by atoms with van der Waals surface area (Å²) in [5, 5.41) is 14.3. The normalized spacial score (nSPS) is 12.0. The van der Waals surface area contributed by atoms with Gasteiger partial charge in [0.05, 0.1) is 12.8 Å². The van der Waals surface area contributed by atoms with Gasteiger partial charge in [0, 0.05) is 4.88 Å². The highest BCUT2D eigenvalue weighted by Crippen LogP contribution is 2.16. The van der Waals surface area contributed by atoms with Gasteiger partial charge in [-0.25, -0.2) is 4.79 Å². The summed E-state index contributed by atoms with van der Waals surface area (Å²) in [4.78, 5) is 36.2. The molecule has 128 valence electrons. The van der Waals surface area contributed by atoms with Crippen LogP contribution in [-0.4, -0.2) is 28.9 Å². The van der Waals surface area contributed by atoms with E-state index < -0.39 is 17.9 Å². The van der Waals surface area contributed by atoms with E-state index in [1.807, 2.05) is 13.8 Å². The monoisotopic (exact) mass is 350 g/mol. The number of carboxylic acid groups (broad SMARTS) is 1. The zero-order chi connectivity index (χ0) is 17.7. The van der Waals surface area contributed by atoms with Gasteiger partial charge in [-0.15, -0.1) is 11.3 Å². The molecule has 0 saturated carbocycles. The lowest BCUT2D eigenvalue weighted by molar-refractivity contribution is -0.124. The summed E-state index contributed by atoms with van der Waals surface area (Å²) in [6.07, 6.45) is 1.39. The molecule has 0 fully saturated rings. The Kier molecular flexibility index (Phi) is 5.75. The quantitative estimate of drug-likeness (QED) is 0.709. The summed E-state index contributed by atoms with van der Waals surface area (Å²) in [6.45, 7) is 3.84. The SMILES string of the molecule is CC(C)C(NC(=O)c1ccco1)C(=O)NCc1ccc(C(=O)O)s1. The number of furan rings is 1. The van der Waals surface area contributed by atoms with E-state index in [1.54, 1.807) is 12.1 Å². The van der Waals surface area contributed by atoms with Crippen molar-refractivity contribution in [3.8, 4) is 0 Å². The molecule has 0 radical (unpaired) electrons. The van der Waals surface area contributed by atoms with Gasteiger partial charge in [-0.05, 0) is 30.2 Å². The van der Waals surface area contributed by atoms with Crippen LogP contribution in [-0.2, 0) is 11.3 Å². The Hall–Kier alpha value is -2.61. The molecule has 0 aliphatic heterocycles. The second-order valence-electron chi connectivity index (χ2n) is 5.46. The zero-order valence-corrected chi connectivity index (χ0v) is 14.1. The summed E-state index contributed by atoms with van der Waals surface area (Å²) in [5.74, 6) is -1.78. The maximum absolute atomic E-state index is 12.3. The van der Waals surface area contributed by atoms with Gasteiger partial charge in [0.1, 0.15) is 10.9 Å². The molecule has 0 bridgehead atoms. The molecule has 2 amide bonds. The van der Waals surface area contributed by atoms with Gasteiger partial charge in [0.2, 0.25) is 5.91 Å². The molecule has 24 heavy (non-hydrogen) atoms. The van der Waals surface area contributed by atoms with Gasteiger partial charge in [-0.1, -0.05) is 13.8 Å². The van der Waals surface area contributed by atoms with E-state index in [4.69, 9.17) is 9.52 Å². The number of carbonyl (C=O) groups is 3. The molecule has 0 aliphatic rings. The minimum Gasteiger partial charge on any atom is -0.477 e. The van der Waals surface area contributed by atoms with E-state index in [9.17, 15) is 14.4 Å². The molecular weight excluding hydrogens is 332 g/mol. The van der Waals surface area contributed by atoms with Gasteiger partial charge in [0.25, 0.3) is 5.91 Å². The van der Waals surface area contributed by atoms with Crippen molar-refractivity contribution >= 4 is 29.1 Å². The van der Waals surface area contributed by atoms with Crippen molar-refractivity contribution in [2.75, 3.05) is 0 Å². The largest absolute Gasteiger partial charge is 0.477 e. The number of nitrogens with one attached hydrogen (secondary N) is 2. The predicted octanol–water partition coefficient (Wildman–Crippen LogP) is 2.11.